The van der Waals surface area contributed by atoms with Crippen molar-refractivity contribution in [1.29, 1.82) is 5.26 Å². The zero-order valence-electron chi connectivity index (χ0n) is 11.9. The molecular weight excluding hydrogens is 255 g/mol. The van der Waals surface area contributed by atoms with Crippen LogP contribution in [0.5, 0.6) is 5.75 Å². The summed E-state index contributed by atoms with van der Waals surface area (Å²) in [4.78, 5) is 0. The van der Waals surface area contributed by atoms with E-state index in [-0.39, 0.29) is 11.2 Å². The van der Waals surface area contributed by atoms with E-state index in [0.717, 1.165) is 37.1 Å². The predicted octanol–water partition coefficient (Wildman–Crippen LogP) is 3.40. The van der Waals surface area contributed by atoms with Gasteiger partial charge in [-0.05, 0) is 44.0 Å². The van der Waals surface area contributed by atoms with Crippen LogP contribution in [-0.4, -0.2) is 13.2 Å². The summed E-state index contributed by atoms with van der Waals surface area (Å²) in [6, 6.07) is 6.84. The molecule has 1 aliphatic carbocycles. The number of halogens is 1. The van der Waals surface area contributed by atoms with Gasteiger partial charge in [-0.25, -0.2) is 4.39 Å². The number of hydrogen-bond acceptors (Lipinski definition) is 3. The summed E-state index contributed by atoms with van der Waals surface area (Å²) in [5.41, 5.74) is 0.878. The van der Waals surface area contributed by atoms with Gasteiger partial charge in [-0.2, -0.15) is 5.26 Å². The highest BCUT2D eigenvalue weighted by Crippen LogP contribution is 2.48. The Labute approximate surface area is 119 Å². The fourth-order valence-corrected chi connectivity index (χ4v) is 2.17. The van der Waals surface area contributed by atoms with Crippen LogP contribution in [0.25, 0.3) is 0 Å². The predicted molar refractivity (Wildman–Crippen MR) is 75.8 cm³/mol. The van der Waals surface area contributed by atoms with Gasteiger partial charge in [0.2, 0.25) is 0 Å². The van der Waals surface area contributed by atoms with Crippen molar-refractivity contribution in [2.75, 3.05) is 13.2 Å². The van der Waals surface area contributed by atoms with Crippen molar-refractivity contribution in [3.8, 4) is 11.8 Å². The average Bonchev–Trinajstić information content (AvgIpc) is 3.19. The lowest BCUT2D eigenvalue weighted by molar-refractivity contribution is 0.234. The number of rotatable bonds is 8. The van der Waals surface area contributed by atoms with Crippen molar-refractivity contribution in [1.82, 2.24) is 5.32 Å². The molecular formula is C16H21FN2O. The van der Waals surface area contributed by atoms with E-state index >= 15 is 0 Å². The number of benzene rings is 1. The van der Waals surface area contributed by atoms with Crippen LogP contribution in [-0.2, 0) is 6.54 Å². The van der Waals surface area contributed by atoms with Gasteiger partial charge in [0, 0.05) is 23.9 Å². The molecule has 4 heteroatoms. The molecule has 0 heterocycles. The summed E-state index contributed by atoms with van der Waals surface area (Å²) in [5, 5.41) is 12.1. The Kier molecular flexibility index (Phi) is 4.97. The summed E-state index contributed by atoms with van der Waals surface area (Å²) in [6.45, 7) is 4.14. The van der Waals surface area contributed by atoms with E-state index in [4.69, 9.17) is 10.00 Å². The molecule has 1 aromatic carbocycles. The Morgan fingerprint density at radius 2 is 2.25 bits per heavy atom. The summed E-state index contributed by atoms with van der Waals surface area (Å²) < 4.78 is 19.2. The van der Waals surface area contributed by atoms with Crippen LogP contribution < -0.4 is 10.1 Å². The smallest absolute Gasteiger partial charge is 0.124 e. The standard InChI is InChI=1S/C16H21FN2O/c1-2-9-19-11-13-10-14(17)3-4-15(13)20-12-16(5-6-16)7-8-18/h3-4,10,19H,2,5-7,9,11-12H2,1H3. The third-order valence-corrected chi connectivity index (χ3v) is 3.71. The van der Waals surface area contributed by atoms with Gasteiger partial charge in [-0.3, -0.25) is 0 Å². The third-order valence-electron chi connectivity index (χ3n) is 3.71. The normalized spacial score (nSPS) is 15.7. The molecule has 2 rings (SSSR count). The Morgan fingerprint density at radius 1 is 1.45 bits per heavy atom. The summed E-state index contributed by atoms with van der Waals surface area (Å²) in [6.07, 6.45) is 3.67. The minimum Gasteiger partial charge on any atom is -0.493 e. The van der Waals surface area contributed by atoms with Crippen molar-refractivity contribution in [3.05, 3.63) is 29.6 Å². The highest BCUT2D eigenvalue weighted by Gasteiger charge is 2.43. The lowest BCUT2D eigenvalue weighted by Crippen LogP contribution is -2.17. The molecule has 20 heavy (non-hydrogen) atoms. The number of nitrogens with zero attached hydrogens (tertiary/aromatic N) is 1. The van der Waals surface area contributed by atoms with Crippen molar-refractivity contribution >= 4 is 0 Å². The van der Waals surface area contributed by atoms with E-state index in [1.807, 2.05) is 0 Å². The van der Waals surface area contributed by atoms with Crippen LogP contribution in [0.1, 0.15) is 38.2 Å². The highest BCUT2D eigenvalue weighted by molar-refractivity contribution is 5.34. The molecule has 0 atom stereocenters. The van der Waals surface area contributed by atoms with Gasteiger partial charge in [-0.1, -0.05) is 6.92 Å². The quantitative estimate of drug-likeness (QED) is 0.740. The molecule has 0 radical (unpaired) electrons. The highest BCUT2D eigenvalue weighted by atomic mass is 19.1. The first-order chi connectivity index (χ1) is 9.69. The van der Waals surface area contributed by atoms with Crippen molar-refractivity contribution in [2.24, 2.45) is 5.41 Å². The molecule has 1 saturated carbocycles. The fourth-order valence-electron chi connectivity index (χ4n) is 2.17. The Morgan fingerprint density at radius 3 is 2.90 bits per heavy atom. The zero-order chi connectivity index (χ0) is 14.4. The van der Waals surface area contributed by atoms with Gasteiger partial charge in [0.1, 0.15) is 11.6 Å². The van der Waals surface area contributed by atoms with Gasteiger partial charge in [-0.15, -0.1) is 0 Å². The van der Waals surface area contributed by atoms with E-state index in [1.54, 1.807) is 6.07 Å². The van der Waals surface area contributed by atoms with E-state index in [1.165, 1.54) is 12.1 Å². The summed E-state index contributed by atoms with van der Waals surface area (Å²) >= 11 is 0. The van der Waals surface area contributed by atoms with Crippen molar-refractivity contribution in [3.63, 3.8) is 0 Å². The molecule has 0 amide bonds. The molecule has 0 aromatic heterocycles. The maximum Gasteiger partial charge on any atom is 0.124 e. The Balaban J connectivity index is 1.97. The van der Waals surface area contributed by atoms with Crippen molar-refractivity contribution < 1.29 is 9.13 Å². The molecule has 108 valence electrons. The number of nitriles is 1. The lowest BCUT2D eigenvalue weighted by atomic mass is 10.1. The largest absolute Gasteiger partial charge is 0.493 e. The molecule has 0 unspecified atom stereocenters. The molecule has 1 aromatic rings. The maximum atomic E-state index is 13.3. The second-order valence-corrected chi connectivity index (χ2v) is 5.55. The van der Waals surface area contributed by atoms with E-state index in [0.29, 0.717) is 19.6 Å². The van der Waals surface area contributed by atoms with E-state index in [2.05, 4.69) is 18.3 Å². The van der Waals surface area contributed by atoms with E-state index in [9.17, 15) is 4.39 Å². The molecule has 0 saturated heterocycles. The van der Waals surface area contributed by atoms with Gasteiger partial charge in [0.05, 0.1) is 12.7 Å². The molecule has 0 aliphatic heterocycles. The van der Waals surface area contributed by atoms with Gasteiger partial charge >= 0.3 is 0 Å². The average molecular weight is 276 g/mol. The number of nitrogens with one attached hydrogen (secondary N) is 1. The molecule has 1 aliphatic rings. The molecule has 0 spiro atoms. The lowest BCUT2D eigenvalue weighted by Gasteiger charge is -2.16. The van der Waals surface area contributed by atoms with Crippen LogP contribution >= 0.6 is 0 Å². The van der Waals surface area contributed by atoms with E-state index < -0.39 is 0 Å². The fraction of sp³-hybridized carbons (Fsp3) is 0.562. The van der Waals surface area contributed by atoms with Crippen LogP contribution in [0.3, 0.4) is 0 Å². The summed E-state index contributed by atoms with van der Waals surface area (Å²) in [5.74, 6) is 0.475. The molecule has 0 bridgehead atoms. The van der Waals surface area contributed by atoms with Gasteiger partial charge in [0.15, 0.2) is 0 Å². The van der Waals surface area contributed by atoms with Crippen LogP contribution in [0.4, 0.5) is 4.39 Å². The first-order valence-corrected chi connectivity index (χ1v) is 7.18. The molecule has 3 nitrogen and oxygen atoms in total. The third kappa shape index (κ3) is 3.94. The van der Waals surface area contributed by atoms with Gasteiger partial charge < -0.3 is 10.1 Å². The van der Waals surface area contributed by atoms with Crippen LogP contribution in [0, 0.1) is 22.6 Å². The second-order valence-electron chi connectivity index (χ2n) is 5.55. The molecule has 1 N–H and O–H groups in total. The maximum absolute atomic E-state index is 13.3. The summed E-state index contributed by atoms with van der Waals surface area (Å²) in [7, 11) is 0. The molecule has 1 fully saturated rings. The second kappa shape index (κ2) is 6.71. The van der Waals surface area contributed by atoms with Gasteiger partial charge in [0.25, 0.3) is 0 Å². The SMILES string of the molecule is CCCNCc1cc(F)ccc1OCC1(CC#N)CC1. The van der Waals surface area contributed by atoms with Crippen LogP contribution in [0.2, 0.25) is 0 Å². The Bertz CT molecular complexity index is 492. The number of ether oxygens (including phenoxy) is 1. The minimum atomic E-state index is -0.246. The zero-order valence-corrected chi connectivity index (χ0v) is 11.9. The topological polar surface area (TPSA) is 45.0 Å². The Hall–Kier alpha value is -1.60. The van der Waals surface area contributed by atoms with Crippen LogP contribution in [0.15, 0.2) is 18.2 Å². The monoisotopic (exact) mass is 276 g/mol. The van der Waals surface area contributed by atoms with Crippen molar-refractivity contribution in [2.45, 2.75) is 39.2 Å². The number of hydrogen-bond donors (Lipinski definition) is 1. The first kappa shape index (κ1) is 14.8. The minimum absolute atomic E-state index is 0.0389. The first-order valence-electron chi connectivity index (χ1n) is 7.18.